The van der Waals surface area contributed by atoms with Crippen molar-refractivity contribution in [1.29, 1.82) is 0 Å². The molecule has 2 aromatic carbocycles. The average Bonchev–Trinajstić information content (AvgIpc) is 3.32. The van der Waals surface area contributed by atoms with Gasteiger partial charge in [0.15, 0.2) is 5.13 Å². The van der Waals surface area contributed by atoms with Crippen LogP contribution in [0.25, 0.3) is 0 Å². The SMILES string of the molecule is O=C(CN1CCN(C(=O)c2csc(Nc3ccccc3F)n2)CC1)NCCCc1ccccc1. The summed E-state index contributed by atoms with van der Waals surface area (Å²) >= 11 is 1.26. The standard InChI is InChI=1S/C25H28FN5O2S/c26-20-10-4-5-11-21(20)28-25-29-22(18-34-25)24(33)31-15-13-30(14-16-31)17-23(32)27-12-6-9-19-7-2-1-3-8-19/h1-5,7-8,10-11,18H,6,9,12-17H2,(H,27,32)(H,28,29). The Morgan fingerprint density at radius 2 is 1.74 bits per heavy atom. The van der Waals surface area contributed by atoms with E-state index in [0.29, 0.717) is 55.8 Å². The second kappa shape index (κ2) is 11.7. The van der Waals surface area contributed by atoms with E-state index in [1.165, 1.54) is 23.0 Å². The number of halogens is 1. The Morgan fingerprint density at radius 3 is 2.50 bits per heavy atom. The van der Waals surface area contributed by atoms with E-state index in [9.17, 15) is 14.0 Å². The molecular formula is C25H28FN5O2S. The molecule has 4 rings (SSSR count). The lowest BCUT2D eigenvalue weighted by atomic mass is 10.1. The Balaban J connectivity index is 1.17. The third-order valence-electron chi connectivity index (χ3n) is 5.67. The molecule has 7 nitrogen and oxygen atoms in total. The highest BCUT2D eigenvalue weighted by Gasteiger charge is 2.25. The molecule has 1 aliphatic heterocycles. The van der Waals surface area contributed by atoms with Crippen molar-refractivity contribution in [3.8, 4) is 0 Å². The Bertz CT molecular complexity index is 1100. The normalized spacial score (nSPS) is 14.1. The zero-order valence-electron chi connectivity index (χ0n) is 18.9. The molecule has 34 heavy (non-hydrogen) atoms. The molecule has 0 saturated carbocycles. The summed E-state index contributed by atoms with van der Waals surface area (Å²) in [5, 5.41) is 8.05. The Labute approximate surface area is 202 Å². The van der Waals surface area contributed by atoms with E-state index in [0.717, 1.165) is 12.8 Å². The van der Waals surface area contributed by atoms with Crippen LogP contribution in [0.5, 0.6) is 0 Å². The smallest absolute Gasteiger partial charge is 0.273 e. The number of para-hydroxylation sites is 1. The molecule has 2 heterocycles. The largest absolute Gasteiger partial charge is 0.355 e. The molecule has 3 aromatic rings. The maximum atomic E-state index is 13.8. The van der Waals surface area contributed by atoms with Gasteiger partial charge >= 0.3 is 0 Å². The number of thiazole rings is 1. The first-order valence-electron chi connectivity index (χ1n) is 11.4. The monoisotopic (exact) mass is 481 g/mol. The number of aryl methyl sites for hydroxylation is 1. The number of amides is 2. The van der Waals surface area contributed by atoms with E-state index in [1.807, 2.05) is 18.2 Å². The highest BCUT2D eigenvalue weighted by atomic mass is 32.1. The van der Waals surface area contributed by atoms with E-state index in [-0.39, 0.29) is 17.6 Å². The summed E-state index contributed by atoms with van der Waals surface area (Å²) in [7, 11) is 0. The minimum Gasteiger partial charge on any atom is -0.355 e. The minimum atomic E-state index is -0.373. The molecule has 1 saturated heterocycles. The molecule has 2 amide bonds. The lowest BCUT2D eigenvalue weighted by Crippen LogP contribution is -2.51. The van der Waals surface area contributed by atoms with Gasteiger partial charge in [-0.15, -0.1) is 11.3 Å². The Hall–Kier alpha value is -3.30. The zero-order chi connectivity index (χ0) is 23.8. The fraction of sp³-hybridized carbons (Fsp3) is 0.320. The van der Waals surface area contributed by atoms with Crippen molar-refractivity contribution in [3.63, 3.8) is 0 Å². The van der Waals surface area contributed by atoms with Crippen molar-refractivity contribution in [1.82, 2.24) is 20.1 Å². The first-order chi connectivity index (χ1) is 16.6. The molecule has 0 unspecified atom stereocenters. The zero-order valence-corrected chi connectivity index (χ0v) is 19.7. The molecule has 2 N–H and O–H groups in total. The van der Waals surface area contributed by atoms with E-state index in [4.69, 9.17) is 0 Å². The number of hydrogen-bond donors (Lipinski definition) is 2. The van der Waals surface area contributed by atoms with Gasteiger partial charge < -0.3 is 15.5 Å². The maximum absolute atomic E-state index is 13.8. The molecule has 9 heteroatoms. The van der Waals surface area contributed by atoms with Crippen LogP contribution in [0.2, 0.25) is 0 Å². The van der Waals surface area contributed by atoms with Crippen molar-refractivity contribution in [3.05, 3.63) is 77.1 Å². The number of carbonyl (C=O) groups excluding carboxylic acids is 2. The number of carbonyl (C=O) groups is 2. The summed E-state index contributed by atoms with van der Waals surface area (Å²) in [5.74, 6) is -0.513. The number of anilines is 2. The van der Waals surface area contributed by atoms with Gasteiger partial charge in [0.05, 0.1) is 12.2 Å². The number of rotatable bonds is 9. The predicted octanol–water partition coefficient (Wildman–Crippen LogP) is 3.53. The van der Waals surface area contributed by atoms with Gasteiger partial charge in [0.2, 0.25) is 5.91 Å². The van der Waals surface area contributed by atoms with Crippen LogP contribution in [0.4, 0.5) is 15.2 Å². The first kappa shape index (κ1) is 23.8. The highest BCUT2D eigenvalue weighted by Crippen LogP contribution is 2.23. The number of piperazine rings is 1. The Kier molecular flexibility index (Phi) is 8.21. The summed E-state index contributed by atoms with van der Waals surface area (Å²) in [6.45, 7) is 3.32. The molecule has 0 radical (unpaired) electrons. The van der Waals surface area contributed by atoms with E-state index < -0.39 is 0 Å². The van der Waals surface area contributed by atoms with Crippen molar-refractivity contribution in [2.75, 3.05) is 44.6 Å². The molecule has 0 aliphatic carbocycles. The molecule has 1 aliphatic rings. The third-order valence-corrected chi connectivity index (χ3v) is 6.43. The van der Waals surface area contributed by atoms with Crippen molar-refractivity contribution in [2.45, 2.75) is 12.8 Å². The summed E-state index contributed by atoms with van der Waals surface area (Å²) in [6.07, 6.45) is 1.84. The van der Waals surface area contributed by atoms with Crippen LogP contribution < -0.4 is 10.6 Å². The summed E-state index contributed by atoms with van der Waals surface area (Å²) in [4.78, 5) is 33.2. The van der Waals surface area contributed by atoms with Gasteiger partial charge in [-0.1, -0.05) is 42.5 Å². The topological polar surface area (TPSA) is 77.6 Å². The summed E-state index contributed by atoms with van der Waals surface area (Å²) in [5.41, 5.74) is 1.93. The van der Waals surface area contributed by atoms with Crippen LogP contribution in [-0.2, 0) is 11.2 Å². The van der Waals surface area contributed by atoms with Gasteiger partial charge in [0.1, 0.15) is 11.5 Å². The van der Waals surface area contributed by atoms with Gasteiger partial charge in [-0.3, -0.25) is 14.5 Å². The van der Waals surface area contributed by atoms with Crippen molar-refractivity contribution < 1.29 is 14.0 Å². The molecule has 178 valence electrons. The Morgan fingerprint density at radius 1 is 1.00 bits per heavy atom. The highest BCUT2D eigenvalue weighted by molar-refractivity contribution is 7.14. The molecule has 1 fully saturated rings. The van der Waals surface area contributed by atoms with Crippen LogP contribution in [0.15, 0.2) is 60.0 Å². The predicted molar refractivity (Wildman–Crippen MR) is 132 cm³/mol. The summed E-state index contributed by atoms with van der Waals surface area (Å²) < 4.78 is 13.8. The van der Waals surface area contributed by atoms with Gasteiger partial charge in [-0.25, -0.2) is 9.37 Å². The van der Waals surface area contributed by atoms with E-state index in [1.54, 1.807) is 28.5 Å². The van der Waals surface area contributed by atoms with Gasteiger partial charge in [-0.05, 0) is 30.5 Å². The second-order valence-corrected chi connectivity index (χ2v) is 9.01. The van der Waals surface area contributed by atoms with Crippen LogP contribution in [0.1, 0.15) is 22.5 Å². The van der Waals surface area contributed by atoms with Gasteiger partial charge in [-0.2, -0.15) is 0 Å². The quantitative estimate of drug-likeness (QED) is 0.457. The number of nitrogens with one attached hydrogen (secondary N) is 2. The van der Waals surface area contributed by atoms with E-state index >= 15 is 0 Å². The van der Waals surface area contributed by atoms with Crippen LogP contribution in [-0.4, -0.2) is 65.9 Å². The van der Waals surface area contributed by atoms with Gasteiger partial charge in [0, 0.05) is 38.1 Å². The lowest BCUT2D eigenvalue weighted by molar-refractivity contribution is -0.122. The fourth-order valence-corrected chi connectivity index (χ4v) is 4.50. The molecule has 0 atom stereocenters. The summed E-state index contributed by atoms with van der Waals surface area (Å²) in [6, 6.07) is 16.6. The molecule has 1 aromatic heterocycles. The van der Waals surface area contributed by atoms with Crippen LogP contribution in [0.3, 0.4) is 0 Å². The number of aromatic nitrogens is 1. The van der Waals surface area contributed by atoms with Crippen LogP contribution >= 0.6 is 11.3 Å². The van der Waals surface area contributed by atoms with E-state index in [2.05, 4.69) is 32.7 Å². The van der Waals surface area contributed by atoms with Crippen molar-refractivity contribution in [2.24, 2.45) is 0 Å². The second-order valence-electron chi connectivity index (χ2n) is 8.15. The lowest BCUT2D eigenvalue weighted by Gasteiger charge is -2.33. The molecular weight excluding hydrogens is 453 g/mol. The average molecular weight is 482 g/mol. The number of benzene rings is 2. The molecule has 0 spiro atoms. The third kappa shape index (κ3) is 6.61. The fourth-order valence-electron chi connectivity index (χ4n) is 3.80. The molecule has 0 bridgehead atoms. The maximum Gasteiger partial charge on any atom is 0.273 e. The van der Waals surface area contributed by atoms with Gasteiger partial charge in [0.25, 0.3) is 5.91 Å². The number of hydrogen-bond acceptors (Lipinski definition) is 6. The van der Waals surface area contributed by atoms with Crippen LogP contribution in [0, 0.1) is 5.82 Å². The first-order valence-corrected chi connectivity index (χ1v) is 12.3. The van der Waals surface area contributed by atoms with Crippen molar-refractivity contribution >= 4 is 34.0 Å². The number of nitrogens with zero attached hydrogens (tertiary/aromatic N) is 3. The minimum absolute atomic E-state index is 0.0104.